The normalized spacial score (nSPS) is 12.4. The van der Waals surface area contributed by atoms with Crippen LogP contribution in [0.4, 0.5) is 0 Å². The predicted octanol–water partition coefficient (Wildman–Crippen LogP) is 5.41. The molecule has 162 valence electrons. The molecule has 0 radical (unpaired) electrons. The SMILES string of the molecule is CCCCCCN(C=CC=C(C(=O)O)S(=O)(=O)c1ccccc1)CCCCCC. The Bertz CT molecular complexity index is 742. The third-order valence-electron chi connectivity index (χ3n) is 4.70. The number of hydrogen-bond acceptors (Lipinski definition) is 4. The van der Waals surface area contributed by atoms with Crippen molar-refractivity contribution < 1.29 is 18.3 Å². The molecule has 1 rings (SSSR count). The van der Waals surface area contributed by atoms with Gasteiger partial charge in [-0.2, -0.15) is 0 Å². The molecule has 0 aromatic heterocycles. The minimum Gasteiger partial charge on any atom is -0.477 e. The van der Waals surface area contributed by atoms with Crippen molar-refractivity contribution in [1.29, 1.82) is 0 Å². The maximum Gasteiger partial charge on any atom is 0.347 e. The molecule has 0 fully saturated rings. The fourth-order valence-electron chi connectivity index (χ4n) is 3.00. The van der Waals surface area contributed by atoms with Crippen molar-refractivity contribution >= 4 is 15.8 Å². The summed E-state index contributed by atoms with van der Waals surface area (Å²) >= 11 is 0. The van der Waals surface area contributed by atoms with Crippen molar-refractivity contribution in [2.75, 3.05) is 13.1 Å². The van der Waals surface area contributed by atoms with Crippen molar-refractivity contribution in [3.63, 3.8) is 0 Å². The van der Waals surface area contributed by atoms with Gasteiger partial charge in [-0.1, -0.05) is 70.6 Å². The molecule has 5 nitrogen and oxygen atoms in total. The Kier molecular flexibility index (Phi) is 12.0. The topological polar surface area (TPSA) is 74.7 Å². The van der Waals surface area contributed by atoms with E-state index < -0.39 is 20.7 Å². The molecule has 0 spiro atoms. The van der Waals surface area contributed by atoms with Crippen LogP contribution in [-0.4, -0.2) is 37.5 Å². The summed E-state index contributed by atoms with van der Waals surface area (Å²) in [5.74, 6) is -1.45. The first kappa shape index (κ1) is 25.0. The third-order valence-corrected chi connectivity index (χ3v) is 6.48. The molecule has 0 aliphatic carbocycles. The number of aliphatic carboxylic acids is 1. The van der Waals surface area contributed by atoms with E-state index >= 15 is 0 Å². The van der Waals surface area contributed by atoms with Crippen LogP contribution in [-0.2, 0) is 14.6 Å². The molecular formula is C23H35NO4S. The maximum atomic E-state index is 12.6. The minimum absolute atomic E-state index is 0.0157. The van der Waals surface area contributed by atoms with E-state index in [1.54, 1.807) is 24.3 Å². The van der Waals surface area contributed by atoms with Gasteiger partial charge in [0.15, 0.2) is 4.91 Å². The summed E-state index contributed by atoms with van der Waals surface area (Å²) in [7, 11) is -4.06. The van der Waals surface area contributed by atoms with Crippen molar-refractivity contribution in [3.05, 3.63) is 53.6 Å². The summed E-state index contributed by atoms with van der Waals surface area (Å²) in [4.78, 5) is 13.1. The molecule has 0 bridgehead atoms. The molecule has 0 amide bonds. The van der Waals surface area contributed by atoms with Crippen LogP contribution in [0.15, 0.2) is 58.5 Å². The number of carboxylic acid groups (broad SMARTS) is 1. The molecule has 29 heavy (non-hydrogen) atoms. The van der Waals surface area contributed by atoms with Gasteiger partial charge in [0, 0.05) is 13.1 Å². The van der Waals surface area contributed by atoms with Gasteiger partial charge in [-0.25, -0.2) is 13.2 Å². The predicted molar refractivity (Wildman–Crippen MR) is 118 cm³/mol. The van der Waals surface area contributed by atoms with E-state index in [4.69, 9.17) is 0 Å². The lowest BCUT2D eigenvalue weighted by molar-refractivity contribution is -0.131. The van der Waals surface area contributed by atoms with E-state index in [0.29, 0.717) is 0 Å². The Morgan fingerprint density at radius 3 is 1.97 bits per heavy atom. The van der Waals surface area contributed by atoms with Crippen LogP contribution >= 0.6 is 0 Å². The number of unbranched alkanes of at least 4 members (excludes halogenated alkanes) is 6. The van der Waals surface area contributed by atoms with E-state index in [0.717, 1.165) is 38.8 Å². The van der Waals surface area contributed by atoms with Crippen LogP contribution in [0.2, 0.25) is 0 Å². The van der Waals surface area contributed by atoms with E-state index in [1.807, 2.05) is 6.20 Å². The van der Waals surface area contributed by atoms with Gasteiger partial charge < -0.3 is 10.0 Å². The summed E-state index contributed by atoms with van der Waals surface area (Å²) in [6.45, 7) is 6.14. The van der Waals surface area contributed by atoms with Gasteiger partial charge in [0.1, 0.15) is 0 Å². The van der Waals surface area contributed by atoms with Crippen LogP contribution in [0.5, 0.6) is 0 Å². The average molecular weight is 422 g/mol. The molecule has 0 aliphatic heterocycles. The highest BCUT2D eigenvalue weighted by Gasteiger charge is 2.25. The van der Waals surface area contributed by atoms with E-state index in [9.17, 15) is 18.3 Å². The highest BCUT2D eigenvalue weighted by molar-refractivity contribution is 7.96. The summed E-state index contributed by atoms with van der Waals surface area (Å²) < 4.78 is 25.3. The van der Waals surface area contributed by atoms with Gasteiger partial charge in [-0.05, 0) is 43.3 Å². The fourth-order valence-corrected chi connectivity index (χ4v) is 4.26. The lowest BCUT2D eigenvalue weighted by Gasteiger charge is -2.20. The lowest BCUT2D eigenvalue weighted by atomic mass is 10.2. The number of benzene rings is 1. The van der Waals surface area contributed by atoms with Crippen LogP contribution in [0, 0.1) is 0 Å². The zero-order chi connectivity index (χ0) is 21.5. The van der Waals surface area contributed by atoms with E-state index in [-0.39, 0.29) is 4.90 Å². The summed E-state index contributed by atoms with van der Waals surface area (Å²) in [6.07, 6.45) is 13.8. The first-order valence-electron chi connectivity index (χ1n) is 10.6. The van der Waals surface area contributed by atoms with Crippen LogP contribution in [0.3, 0.4) is 0 Å². The molecule has 0 atom stereocenters. The van der Waals surface area contributed by atoms with E-state index in [2.05, 4.69) is 18.7 Å². The second-order valence-corrected chi connectivity index (χ2v) is 9.07. The highest BCUT2D eigenvalue weighted by atomic mass is 32.2. The van der Waals surface area contributed by atoms with Crippen molar-refractivity contribution in [2.45, 2.75) is 70.1 Å². The van der Waals surface area contributed by atoms with Gasteiger partial charge in [0.25, 0.3) is 0 Å². The van der Waals surface area contributed by atoms with Crippen LogP contribution in [0.1, 0.15) is 65.2 Å². The number of nitrogens with zero attached hydrogens (tertiary/aromatic N) is 1. The number of carboxylic acids is 1. The molecule has 1 aromatic rings. The number of hydrogen-bond donors (Lipinski definition) is 1. The molecule has 0 saturated carbocycles. The third kappa shape index (κ3) is 9.31. The largest absolute Gasteiger partial charge is 0.477 e. The Balaban J connectivity index is 2.91. The molecule has 0 unspecified atom stereocenters. The number of allylic oxidation sites excluding steroid dienone is 2. The molecule has 0 heterocycles. The van der Waals surface area contributed by atoms with Crippen LogP contribution < -0.4 is 0 Å². The van der Waals surface area contributed by atoms with Gasteiger partial charge in [-0.15, -0.1) is 0 Å². The molecule has 0 saturated heterocycles. The molecule has 0 aliphatic rings. The number of carbonyl (C=O) groups is 1. The van der Waals surface area contributed by atoms with Gasteiger partial charge in [0.05, 0.1) is 4.90 Å². The summed E-state index contributed by atoms with van der Waals surface area (Å²) in [5.41, 5.74) is 0. The smallest absolute Gasteiger partial charge is 0.347 e. The summed E-state index contributed by atoms with van der Waals surface area (Å²) in [6, 6.07) is 7.66. The molecule has 6 heteroatoms. The average Bonchev–Trinajstić information content (AvgIpc) is 2.71. The quantitative estimate of drug-likeness (QED) is 0.233. The Labute approximate surface area is 176 Å². The fraction of sp³-hybridized carbons (Fsp3) is 0.522. The monoisotopic (exact) mass is 421 g/mol. The number of sulfone groups is 1. The lowest BCUT2D eigenvalue weighted by Crippen LogP contribution is -2.20. The second kappa shape index (κ2) is 14.0. The first-order valence-corrected chi connectivity index (χ1v) is 12.1. The molecular weight excluding hydrogens is 386 g/mol. The molecule has 1 aromatic carbocycles. The second-order valence-electron chi connectivity index (χ2n) is 7.15. The van der Waals surface area contributed by atoms with Crippen molar-refractivity contribution in [1.82, 2.24) is 4.90 Å². The Morgan fingerprint density at radius 1 is 0.931 bits per heavy atom. The zero-order valence-electron chi connectivity index (χ0n) is 17.7. The van der Waals surface area contributed by atoms with Crippen molar-refractivity contribution in [3.8, 4) is 0 Å². The maximum absolute atomic E-state index is 12.6. The number of rotatable bonds is 15. The van der Waals surface area contributed by atoms with Gasteiger partial charge in [0.2, 0.25) is 9.84 Å². The Morgan fingerprint density at radius 2 is 1.48 bits per heavy atom. The zero-order valence-corrected chi connectivity index (χ0v) is 18.5. The molecule has 1 N–H and O–H groups in total. The van der Waals surface area contributed by atoms with Gasteiger partial charge in [-0.3, -0.25) is 0 Å². The van der Waals surface area contributed by atoms with Crippen LogP contribution in [0.25, 0.3) is 0 Å². The summed E-state index contributed by atoms with van der Waals surface area (Å²) in [5, 5.41) is 9.44. The minimum atomic E-state index is -4.06. The van der Waals surface area contributed by atoms with Gasteiger partial charge >= 0.3 is 5.97 Å². The standard InChI is InChI=1S/C23H35NO4S/c1-3-5-7-12-18-24(19-13-8-6-4-2)20-14-17-22(23(25)26)29(27,28)21-15-10-9-11-16-21/h9-11,14-17,20H,3-8,12-13,18-19H2,1-2H3,(H,25,26). The highest BCUT2D eigenvalue weighted by Crippen LogP contribution is 2.19. The van der Waals surface area contributed by atoms with E-state index in [1.165, 1.54) is 43.9 Å². The first-order chi connectivity index (χ1) is 13.9. The van der Waals surface area contributed by atoms with Crippen molar-refractivity contribution in [2.24, 2.45) is 0 Å². The Hall–Kier alpha value is -2.08.